The quantitative estimate of drug-likeness (QED) is 0.225. The monoisotopic (exact) mass is 598 g/mol. The summed E-state index contributed by atoms with van der Waals surface area (Å²) in [6.45, 7) is 2.90. The molecule has 0 unspecified atom stereocenters. The van der Waals surface area contributed by atoms with Gasteiger partial charge in [0.05, 0.1) is 23.0 Å². The van der Waals surface area contributed by atoms with Gasteiger partial charge in [-0.15, -0.1) is 13.2 Å². The maximum atomic E-state index is 15.2. The topological polar surface area (TPSA) is 76.7 Å². The summed E-state index contributed by atoms with van der Waals surface area (Å²) in [5, 5.41) is 7.84. The Labute approximate surface area is 242 Å². The molecule has 1 amide bonds. The highest BCUT2D eigenvalue weighted by Gasteiger charge is 2.31. The molecule has 0 radical (unpaired) electrons. The van der Waals surface area contributed by atoms with Crippen molar-refractivity contribution in [3.63, 3.8) is 0 Å². The zero-order valence-electron chi connectivity index (χ0n) is 22.1. The van der Waals surface area contributed by atoms with Crippen LogP contribution in [-0.2, 0) is 26.1 Å². The summed E-state index contributed by atoms with van der Waals surface area (Å²) in [6.07, 6.45) is -0.824. The highest BCUT2D eigenvalue weighted by molar-refractivity contribution is 6.30. The largest absolute Gasteiger partial charge is 0.573 e. The second kappa shape index (κ2) is 10.7. The van der Waals surface area contributed by atoms with Crippen molar-refractivity contribution in [2.45, 2.75) is 39.3 Å². The minimum Gasteiger partial charge on any atom is -0.406 e. The number of aryl methyl sites for hydroxylation is 1. The first kappa shape index (κ1) is 27.6. The summed E-state index contributed by atoms with van der Waals surface area (Å²) in [4.78, 5) is 19.5. The van der Waals surface area contributed by atoms with Crippen LogP contribution in [0.1, 0.15) is 39.9 Å². The van der Waals surface area contributed by atoms with Gasteiger partial charge in [-0.2, -0.15) is 5.10 Å². The number of anilines is 1. The number of pyridine rings is 1. The fourth-order valence-corrected chi connectivity index (χ4v) is 5.14. The third-order valence-corrected chi connectivity index (χ3v) is 7.15. The van der Waals surface area contributed by atoms with Gasteiger partial charge < -0.3 is 15.0 Å². The summed E-state index contributed by atoms with van der Waals surface area (Å²) in [5.74, 6) is -1.14. The third kappa shape index (κ3) is 5.49. The minimum atomic E-state index is -4.75. The van der Waals surface area contributed by atoms with Gasteiger partial charge in [-0.05, 0) is 60.5 Å². The van der Waals surface area contributed by atoms with Gasteiger partial charge >= 0.3 is 6.36 Å². The van der Waals surface area contributed by atoms with Crippen LogP contribution >= 0.6 is 11.6 Å². The molecule has 0 saturated carbocycles. The number of nitrogens with one attached hydrogen (secondary N) is 1. The highest BCUT2D eigenvalue weighted by atomic mass is 35.5. The van der Waals surface area contributed by atoms with Crippen LogP contribution in [0.4, 0.5) is 23.2 Å². The number of rotatable bonds is 7. The molecule has 0 fully saturated rings. The van der Waals surface area contributed by atoms with Gasteiger partial charge in [-0.3, -0.25) is 9.20 Å². The Morgan fingerprint density at radius 2 is 1.86 bits per heavy atom. The molecule has 13 heteroatoms. The number of aromatic nitrogens is 4. The van der Waals surface area contributed by atoms with Crippen LogP contribution in [0, 0.1) is 5.82 Å². The molecule has 1 N–H and O–H groups in total. The maximum Gasteiger partial charge on any atom is 0.573 e. The molecule has 3 aromatic heterocycles. The van der Waals surface area contributed by atoms with Gasteiger partial charge in [-0.25, -0.2) is 14.1 Å². The molecule has 6 rings (SSSR count). The van der Waals surface area contributed by atoms with E-state index in [9.17, 15) is 18.0 Å². The number of hydrogen-bond acceptors (Lipinski definition) is 5. The standard InChI is InChI=1S/C29H23ClF4N6O2/c1-2-23-27(39-15-19(30)4-10-26(39)36-23)28(41)35-12-17-3-9-25(22(31)11-17)40-14-18-13-38(16-24(18)37-40)20-5-7-21(8-6-20)42-29(32,33)34/h3-11,14-15H,2,12-13,16H2,1H3,(H,35,41). The summed E-state index contributed by atoms with van der Waals surface area (Å²) in [5.41, 5.74) is 4.78. The molecule has 5 aromatic rings. The number of hydrogen-bond donors (Lipinski definition) is 1. The van der Waals surface area contributed by atoms with Crippen molar-refractivity contribution in [3.05, 3.63) is 106 Å². The lowest BCUT2D eigenvalue weighted by atomic mass is 10.2. The summed E-state index contributed by atoms with van der Waals surface area (Å²) in [6, 6.07) is 13.7. The van der Waals surface area contributed by atoms with Crippen LogP contribution in [0.15, 0.2) is 67.0 Å². The van der Waals surface area contributed by atoms with Gasteiger partial charge in [0.15, 0.2) is 0 Å². The molecule has 1 aliphatic heterocycles. The van der Waals surface area contributed by atoms with Crippen LogP contribution < -0.4 is 15.0 Å². The number of carbonyl (C=O) groups excluding carboxylic acids is 1. The Morgan fingerprint density at radius 3 is 2.55 bits per heavy atom. The minimum absolute atomic E-state index is 0.102. The fraction of sp³-hybridized carbons (Fsp3) is 0.207. The van der Waals surface area contributed by atoms with Crippen molar-refractivity contribution >= 4 is 28.8 Å². The lowest BCUT2D eigenvalue weighted by Crippen LogP contribution is -2.25. The van der Waals surface area contributed by atoms with Crippen LogP contribution in [-0.4, -0.2) is 31.4 Å². The molecule has 8 nitrogen and oxygen atoms in total. The highest BCUT2D eigenvalue weighted by Crippen LogP contribution is 2.31. The Hall–Kier alpha value is -4.58. The number of benzene rings is 2. The number of ether oxygens (including phenoxy) is 1. The lowest BCUT2D eigenvalue weighted by molar-refractivity contribution is -0.274. The molecular weight excluding hydrogens is 576 g/mol. The fourth-order valence-electron chi connectivity index (χ4n) is 4.98. The molecule has 0 aliphatic carbocycles. The Bertz CT molecular complexity index is 1780. The van der Waals surface area contributed by atoms with E-state index in [0.29, 0.717) is 52.8 Å². The molecule has 1 aliphatic rings. The zero-order valence-corrected chi connectivity index (χ0v) is 22.9. The van der Waals surface area contributed by atoms with E-state index in [0.717, 1.165) is 11.3 Å². The molecular formula is C29H23ClF4N6O2. The van der Waals surface area contributed by atoms with Crippen molar-refractivity contribution in [2.75, 3.05) is 4.90 Å². The predicted molar refractivity (Wildman–Crippen MR) is 147 cm³/mol. The Balaban J connectivity index is 1.12. The van der Waals surface area contributed by atoms with Crippen LogP contribution in [0.2, 0.25) is 5.02 Å². The lowest BCUT2D eigenvalue weighted by Gasteiger charge is -2.18. The summed E-state index contributed by atoms with van der Waals surface area (Å²) < 4.78 is 59.5. The normalized spacial score (nSPS) is 13.0. The van der Waals surface area contributed by atoms with E-state index in [1.807, 2.05) is 11.8 Å². The van der Waals surface area contributed by atoms with Crippen LogP contribution in [0.3, 0.4) is 0 Å². The molecule has 2 aromatic carbocycles. The first-order valence-electron chi connectivity index (χ1n) is 13.0. The van der Waals surface area contributed by atoms with Crippen LogP contribution in [0.25, 0.3) is 11.3 Å². The molecule has 42 heavy (non-hydrogen) atoms. The predicted octanol–water partition coefficient (Wildman–Crippen LogP) is 6.22. The van der Waals surface area contributed by atoms with Crippen molar-refractivity contribution < 1.29 is 27.1 Å². The average Bonchev–Trinajstić information content (AvgIpc) is 3.62. The second-order valence-corrected chi connectivity index (χ2v) is 10.2. The van der Waals surface area contributed by atoms with E-state index < -0.39 is 12.2 Å². The average molecular weight is 599 g/mol. The third-order valence-electron chi connectivity index (χ3n) is 6.93. The van der Waals surface area contributed by atoms with E-state index >= 15 is 4.39 Å². The molecule has 216 valence electrons. The Morgan fingerprint density at radius 1 is 1.07 bits per heavy atom. The van der Waals surface area contributed by atoms with Crippen molar-refractivity contribution in [1.82, 2.24) is 24.5 Å². The van der Waals surface area contributed by atoms with E-state index in [2.05, 4.69) is 20.1 Å². The van der Waals surface area contributed by atoms with Crippen molar-refractivity contribution in [1.29, 1.82) is 0 Å². The Kier molecular flexibility index (Phi) is 7.01. The van der Waals surface area contributed by atoms with Crippen molar-refractivity contribution in [2.24, 2.45) is 0 Å². The van der Waals surface area contributed by atoms with Crippen molar-refractivity contribution in [3.8, 4) is 11.4 Å². The van der Waals surface area contributed by atoms with E-state index in [1.54, 1.807) is 53.2 Å². The molecule has 0 spiro atoms. The maximum absolute atomic E-state index is 15.2. The number of imidazole rings is 1. The second-order valence-electron chi connectivity index (χ2n) is 9.75. The SMILES string of the molecule is CCc1nc2ccc(Cl)cn2c1C(=O)NCc1ccc(-n2cc3c(n2)CN(c2ccc(OC(F)(F)F)cc2)C3)c(F)c1. The first-order chi connectivity index (χ1) is 20.1. The summed E-state index contributed by atoms with van der Waals surface area (Å²) >= 11 is 6.12. The molecule has 0 atom stereocenters. The smallest absolute Gasteiger partial charge is 0.406 e. The zero-order chi connectivity index (χ0) is 29.6. The van der Waals surface area contributed by atoms with Gasteiger partial charge in [0.2, 0.25) is 0 Å². The summed E-state index contributed by atoms with van der Waals surface area (Å²) in [7, 11) is 0. The molecule has 0 saturated heterocycles. The number of alkyl halides is 3. The number of halogens is 5. The molecule has 0 bridgehead atoms. The van der Waals surface area contributed by atoms with Gasteiger partial charge in [0.1, 0.15) is 28.6 Å². The van der Waals surface area contributed by atoms with E-state index in [4.69, 9.17) is 11.6 Å². The number of fused-ring (bicyclic) bond motifs is 2. The number of amides is 1. The first-order valence-corrected chi connectivity index (χ1v) is 13.4. The van der Waals surface area contributed by atoms with Gasteiger partial charge in [0, 0.05) is 36.7 Å². The van der Waals surface area contributed by atoms with E-state index in [1.165, 1.54) is 22.9 Å². The van der Waals surface area contributed by atoms with Crippen LogP contribution in [0.5, 0.6) is 5.75 Å². The van der Waals surface area contributed by atoms with Gasteiger partial charge in [0.25, 0.3) is 5.91 Å². The van der Waals surface area contributed by atoms with Gasteiger partial charge in [-0.1, -0.05) is 24.6 Å². The number of carbonyl (C=O) groups is 1. The van der Waals surface area contributed by atoms with E-state index in [-0.39, 0.29) is 23.9 Å². The number of nitrogens with zero attached hydrogens (tertiary/aromatic N) is 5. The molecule has 4 heterocycles.